The van der Waals surface area contributed by atoms with Crippen LogP contribution in [0.2, 0.25) is 5.02 Å². The Kier molecular flexibility index (Phi) is 2.94. The Labute approximate surface area is 110 Å². The Morgan fingerprint density at radius 3 is 3.00 bits per heavy atom. The number of benzene rings is 1. The lowest BCUT2D eigenvalue weighted by Gasteiger charge is -2.08. The molecule has 0 saturated carbocycles. The molecule has 0 unspecified atom stereocenters. The van der Waals surface area contributed by atoms with Crippen LogP contribution in [0.5, 0.6) is 11.5 Å². The Balaban J connectivity index is 1.72. The molecule has 0 aliphatic carbocycles. The first kappa shape index (κ1) is 11.2. The van der Waals surface area contributed by atoms with E-state index < -0.39 is 0 Å². The summed E-state index contributed by atoms with van der Waals surface area (Å²) in [7, 11) is 0. The molecular formula is C13H11ClN2O2. The SMILES string of the molecule is Clc1cnccc1NCc1ccc2c(c1)OCO2. The third-order valence-corrected chi connectivity index (χ3v) is 2.99. The lowest BCUT2D eigenvalue weighted by atomic mass is 10.2. The molecule has 0 amide bonds. The van der Waals surface area contributed by atoms with Crippen LogP contribution in [-0.2, 0) is 6.54 Å². The second-order valence-electron chi connectivity index (χ2n) is 3.90. The minimum absolute atomic E-state index is 0.294. The van der Waals surface area contributed by atoms with Crippen LogP contribution >= 0.6 is 11.6 Å². The van der Waals surface area contributed by atoms with Crippen molar-refractivity contribution in [2.75, 3.05) is 12.1 Å². The smallest absolute Gasteiger partial charge is 0.231 e. The molecule has 92 valence electrons. The fourth-order valence-corrected chi connectivity index (χ4v) is 1.95. The molecule has 0 spiro atoms. The molecule has 1 aliphatic rings. The van der Waals surface area contributed by atoms with Crippen LogP contribution in [0, 0.1) is 0 Å². The first-order valence-corrected chi connectivity index (χ1v) is 5.92. The average molecular weight is 263 g/mol. The number of nitrogens with one attached hydrogen (secondary N) is 1. The second kappa shape index (κ2) is 4.74. The Hall–Kier alpha value is -1.94. The third kappa shape index (κ3) is 2.19. The fourth-order valence-electron chi connectivity index (χ4n) is 1.77. The molecule has 0 radical (unpaired) electrons. The highest BCUT2D eigenvalue weighted by molar-refractivity contribution is 6.33. The summed E-state index contributed by atoms with van der Waals surface area (Å²) < 4.78 is 10.6. The Morgan fingerprint density at radius 1 is 1.22 bits per heavy atom. The fraction of sp³-hybridized carbons (Fsp3) is 0.154. The molecule has 0 saturated heterocycles. The Morgan fingerprint density at radius 2 is 2.11 bits per heavy atom. The largest absolute Gasteiger partial charge is 0.454 e. The van der Waals surface area contributed by atoms with Gasteiger partial charge in [0.25, 0.3) is 0 Å². The summed E-state index contributed by atoms with van der Waals surface area (Å²) in [4.78, 5) is 3.94. The van der Waals surface area contributed by atoms with Crippen molar-refractivity contribution < 1.29 is 9.47 Å². The van der Waals surface area contributed by atoms with Gasteiger partial charge in [-0.15, -0.1) is 0 Å². The lowest BCUT2D eigenvalue weighted by molar-refractivity contribution is 0.174. The molecule has 1 aromatic heterocycles. The third-order valence-electron chi connectivity index (χ3n) is 2.69. The number of pyridine rings is 1. The molecule has 0 bridgehead atoms. The summed E-state index contributed by atoms with van der Waals surface area (Å²) >= 11 is 6.01. The number of halogens is 1. The standard InChI is InChI=1S/C13H11ClN2O2/c14-10-7-15-4-3-11(10)16-6-9-1-2-12-13(5-9)18-8-17-12/h1-5,7H,6,8H2,(H,15,16). The number of rotatable bonds is 3. The van der Waals surface area contributed by atoms with E-state index in [9.17, 15) is 0 Å². The van der Waals surface area contributed by atoms with Crippen LogP contribution in [0.4, 0.5) is 5.69 Å². The van der Waals surface area contributed by atoms with E-state index in [1.807, 2.05) is 24.3 Å². The van der Waals surface area contributed by atoms with Crippen molar-refractivity contribution in [2.24, 2.45) is 0 Å². The molecule has 1 N–H and O–H groups in total. The quantitative estimate of drug-likeness (QED) is 0.923. The number of hydrogen-bond acceptors (Lipinski definition) is 4. The van der Waals surface area contributed by atoms with Crippen LogP contribution in [0.25, 0.3) is 0 Å². The highest BCUT2D eigenvalue weighted by Crippen LogP contribution is 2.32. The molecule has 0 fully saturated rings. The van der Waals surface area contributed by atoms with E-state index >= 15 is 0 Å². The van der Waals surface area contributed by atoms with Crippen molar-refractivity contribution in [3.63, 3.8) is 0 Å². The van der Waals surface area contributed by atoms with Crippen LogP contribution in [0.15, 0.2) is 36.7 Å². The normalized spacial score (nSPS) is 12.5. The number of nitrogens with zero attached hydrogens (tertiary/aromatic N) is 1. The van der Waals surface area contributed by atoms with Gasteiger partial charge >= 0.3 is 0 Å². The van der Waals surface area contributed by atoms with Crippen LogP contribution in [0.1, 0.15) is 5.56 Å². The summed E-state index contributed by atoms with van der Waals surface area (Å²) in [6, 6.07) is 7.71. The van der Waals surface area contributed by atoms with Crippen LogP contribution in [0.3, 0.4) is 0 Å². The molecule has 0 atom stereocenters. The zero-order valence-electron chi connectivity index (χ0n) is 9.52. The van der Waals surface area contributed by atoms with Crippen molar-refractivity contribution in [3.8, 4) is 11.5 Å². The van der Waals surface area contributed by atoms with Gasteiger partial charge < -0.3 is 14.8 Å². The topological polar surface area (TPSA) is 43.4 Å². The highest BCUT2D eigenvalue weighted by Gasteiger charge is 2.12. The van der Waals surface area contributed by atoms with Crippen LogP contribution < -0.4 is 14.8 Å². The predicted molar refractivity (Wildman–Crippen MR) is 69.1 cm³/mol. The minimum Gasteiger partial charge on any atom is -0.454 e. The van der Waals surface area contributed by atoms with Gasteiger partial charge in [-0.25, -0.2) is 0 Å². The zero-order chi connectivity index (χ0) is 12.4. The van der Waals surface area contributed by atoms with Gasteiger partial charge in [-0.3, -0.25) is 4.98 Å². The molecule has 1 aromatic carbocycles. The number of ether oxygens (including phenoxy) is 2. The van der Waals surface area contributed by atoms with E-state index in [1.165, 1.54) is 0 Å². The molecule has 18 heavy (non-hydrogen) atoms. The van der Waals surface area contributed by atoms with E-state index in [4.69, 9.17) is 21.1 Å². The van der Waals surface area contributed by atoms with Gasteiger partial charge in [0, 0.05) is 18.9 Å². The van der Waals surface area contributed by atoms with Crippen molar-refractivity contribution in [1.29, 1.82) is 0 Å². The first-order chi connectivity index (χ1) is 8.83. The second-order valence-corrected chi connectivity index (χ2v) is 4.30. The molecule has 1 aliphatic heterocycles. The van der Waals surface area contributed by atoms with Crippen molar-refractivity contribution in [2.45, 2.75) is 6.54 Å². The minimum atomic E-state index is 0.294. The maximum Gasteiger partial charge on any atom is 0.231 e. The van der Waals surface area contributed by atoms with Crippen molar-refractivity contribution in [1.82, 2.24) is 4.98 Å². The lowest BCUT2D eigenvalue weighted by Crippen LogP contribution is -2.00. The molecule has 5 heteroatoms. The number of hydrogen-bond donors (Lipinski definition) is 1. The summed E-state index contributed by atoms with van der Waals surface area (Å²) in [6.45, 7) is 0.961. The van der Waals surface area contributed by atoms with Crippen molar-refractivity contribution in [3.05, 3.63) is 47.2 Å². The maximum absolute atomic E-state index is 6.01. The van der Waals surface area contributed by atoms with E-state index in [0.29, 0.717) is 18.4 Å². The van der Waals surface area contributed by atoms with Gasteiger partial charge in [-0.1, -0.05) is 17.7 Å². The number of fused-ring (bicyclic) bond motifs is 1. The summed E-state index contributed by atoms with van der Waals surface area (Å²) in [5.74, 6) is 1.58. The summed E-state index contributed by atoms with van der Waals surface area (Å²) in [5, 5.41) is 3.86. The van der Waals surface area contributed by atoms with Crippen molar-refractivity contribution >= 4 is 17.3 Å². The average Bonchev–Trinajstić information content (AvgIpc) is 2.85. The molecule has 2 heterocycles. The molecule has 3 rings (SSSR count). The maximum atomic E-state index is 6.01. The van der Waals surface area contributed by atoms with E-state index in [1.54, 1.807) is 12.4 Å². The zero-order valence-corrected chi connectivity index (χ0v) is 10.3. The van der Waals surface area contributed by atoms with E-state index in [0.717, 1.165) is 22.7 Å². The highest BCUT2D eigenvalue weighted by atomic mass is 35.5. The monoisotopic (exact) mass is 262 g/mol. The van der Waals surface area contributed by atoms with E-state index in [-0.39, 0.29) is 0 Å². The summed E-state index contributed by atoms with van der Waals surface area (Å²) in [5.41, 5.74) is 1.97. The van der Waals surface area contributed by atoms with E-state index in [2.05, 4.69) is 10.3 Å². The Bertz CT molecular complexity index is 575. The molecular weight excluding hydrogens is 252 g/mol. The summed E-state index contributed by atoms with van der Waals surface area (Å²) in [6.07, 6.45) is 3.32. The van der Waals surface area contributed by atoms with Gasteiger partial charge in [0.2, 0.25) is 6.79 Å². The van der Waals surface area contributed by atoms with Gasteiger partial charge in [-0.05, 0) is 23.8 Å². The van der Waals surface area contributed by atoms with Gasteiger partial charge in [0.15, 0.2) is 11.5 Å². The molecule has 4 nitrogen and oxygen atoms in total. The van der Waals surface area contributed by atoms with Gasteiger partial charge in [0.1, 0.15) is 0 Å². The number of aromatic nitrogens is 1. The number of anilines is 1. The van der Waals surface area contributed by atoms with Gasteiger partial charge in [0.05, 0.1) is 10.7 Å². The first-order valence-electron chi connectivity index (χ1n) is 5.55. The van der Waals surface area contributed by atoms with Crippen LogP contribution in [-0.4, -0.2) is 11.8 Å². The van der Waals surface area contributed by atoms with Gasteiger partial charge in [-0.2, -0.15) is 0 Å². The predicted octanol–water partition coefficient (Wildman–Crippen LogP) is 3.08. The molecule has 2 aromatic rings.